The summed E-state index contributed by atoms with van der Waals surface area (Å²) in [6, 6.07) is 0. The molecule has 4 nitrogen and oxygen atoms in total. The first-order chi connectivity index (χ1) is 4.48. The van der Waals surface area contributed by atoms with Crippen LogP contribution < -0.4 is 5.84 Å². The van der Waals surface area contributed by atoms with Gasteiger partial charge in [0.15, 0.2) is 0 Å². The molecule has 0 spiro atoms. The third-order valence-corrected chi connectivity index (χ3v) is 2.53. The van der Waals surface area contributed by atoms with Crippen LogP contribution in [0.15, 0.2) is 4.47 Å². The fourth-order valence-corrected chi connectivity index (χ4v) is 1.21. The molecule has 0 fully saturated rings. The number of hydrogen-bond acceptors (Lipinski definition) is 3. The third-order valence-electron chi connectivity index (χ3n) is 1.14. The second-order valence-corrected chi connectivity index (χ2v) is 5.11. The molecular formula is C5H15N3OS. The first-order valence-electron chi connectivity index (χ1n) is 3.02. The molecule has 0 radical (unpaired) electrons. The third kappa shape index (κ3) is 4.72. The molecule has 0 aliphatic heterocycles. The van der Waals surface area contributed by atoms with Crippen molar-refractivity contribution in [2.24, 2.45) is 10.3 Å². The monoisotopic (exact) mass is 165 g/mol. The van der Waals surface area contributed by atoms with Gasteiger partial charge in [-0.1, -0.05) is 0 Å². The van der Waals surface area contributed by atoms with E-state index in [2.05, 4.69) is 4.47 Å². The summed E-state index contributed by atoms with van der Waals surface area (Å²) < 4.78 is 14.4. The van der Waals surface area contributed by atoms with Gasteiger partial charge in [-0.05, 0) is 14.1 Å². The molecule has 62 valence electrons. The first-order valence-corrected chi connectivity index (χ1v) is 5.11. The summed E-state index contributed by atoms with van der Waals surface area (Å²) in [6.07, 6.45) is 1.57. The van der Waals surface area contributed by atoms with E-state index in [4.69, 9.17) is 5.84 Å². The second-order valence-electron chi connectivity index (χ2n) is 2.57. The minimum atomic E-state index is -2.10. The van der Waals surface area contributed by atoms with Crippen LogP contribution in [0.3, 0.4) is 0 Å². The van der Waals surface area contributed by atoms with Crippen LogP contribution in [-0.4, -0.2) is 41.8 Å². The molecule has 0 aliphatic carbocycles. The second kappa shape index (κ2) is 3.90. The smallest absolute Gasteiger partial charge is 0.0618 e. The van der Waals surface area contributed by atoms with E-state index in [1.54, 1.807) is 6.26 Å². The Morgan fingerprint density at radius 3 is 2.40 bits per heavy atom. The molecule has 0 aromatic heterocycles. The van der Waals surface area contributed by atoms with E-state index in [0.29, 0.717) is 5.75 Å². The van der Waals surface area contributed by atoms with E-state index in [-0.39, 0.29) is 0 Å². The van der Waals surface area contributed by atoms with Crippen molar-refractivity contribution in [2.75, 3.05) is 32.6 Å². The summed E-state index contributed by atoms with van der Waals surface area (Å²) in [5.74, 6) is 5.46. The maximum absolute atomic E-state index is 11.1. The van der Waals surface area contributed by atoms with Crippen LogP contribution in [0.25, 0.3) is 0 Å². The van der Waals surface area contributed by atoms with E-state index in [9.17, 15) is 4.21 Å². The highest BCUT2D eigenvalue weighted by atomic mass is 32.2. The molecule has 0 saturated carbocycles. The van der Waals surface area contributed by atoms with E-state index < -0.39 is 9.73 Å². The molecule has 0 rings (SSSR count). The van der Waals surface area contributed by atoms with Gasteiger partial charge >= 0.3 is 0 Å². The molecule has 0 bridgehead atoms. The summed E-state index contributed by atoms with van der Waals surface area (Å²) in [5, 5.41) is 0. The van der Waals surface area contributed by atoms with Crippen molar-refractivity contribution in [3.8, 4) is 0 Å². The Balaban J connectivity index is 3.82. The van der Waals surface area contributed by atoms with Crippen LogP contribution in [0.4, 0.5) is 0 Å². The predicted octanol–water partition coefficient (Wildman–Crippen LogP) is -0.480. The Kier molecular flexibility index (Phi) is 3.85. The molecule has 10 heavy (non-hydrogen) atoms. The van der Waals surface area contributed by atoms with Crippen molar-refractivity contribution in [3.63, 3.8) is 0 Å². The van der Waals surface area contributed by atoms with Crippen molar-refractivity contribution >= 4 is 9.73 Å². The Morgan fingerprint density at radius 1 is 1.60 bits per heavy atom. The first kappa shape index (κ1) is 9.87. The molecule has 2 N–H and O–H groups in total. The summed E-state index contributed by atoms with van der Waals surface area (Å²) in [4.78, 5) is 1.95. The van der Waals surface area contributed by atoms with Crippen molar-refractivity contribution < 1.29 is 4.21 Å². The van der Waals surface area contributed by atoms with Gasteiger partial charge in [-0.15, -0.1) is 0 Å². The van der Waals surface area contributed by atoms with Gasteiger partial charge in [-0.25, -0.2) is 10.1 Å². The van der Waals surface area contributed by atoms with Gasteiger partial charge in [0.05, 0.1) is 9.73 Å². The zero-order valence-electron chi connectivity index (χ0n) is 6.70. The fourth-order valence-electron chi connectivity index (χ4n) is 0.405. The molecule has 5 heteroatoms. The van der Waals surface area contributed by atoms with Gasteiger partial charge in [0.2, 0.25) is 0 Å². The molecule has 0 aliphatic rings. The highest BCUT2D eigenvalue weighted by molar-refractivity contribution is 7.92. The molecule has 0 aromatic carbocycles. The van der Waals surface area contributed by atoms with Crippen LogP contribution in [-0.2, 0) is 9.73 Å². The highest BCUT2D eigenvalue weighted by Gasteiger charge is 1.99. The Hall–Kier alpha value is -0.130. The van der Waals surface area contributed by atoms with Gasteiger partial charge in [0.1, 0.15) is 0 Å². The zero-order chi connectivity index (χ0) is 8.20. The lowest BCUT2D eigenvalue weighted by atomic mass is 10.7. The highest BCUT2D eigenvalue weighted by Crippen LogP contribution is 1.87. The van der Waals surface area contributed by atoms with Gasteiger partial charge in [0.25, 0.3) is 0 Å². The standard InChI is InChI=1S/C5H15N3OS/c1-8(2)4-5-10(3,9)7-6/h4-6H2,1-3H3. The lowest BCUT2D eigenvalue weighted by molar-refractivity contribution is 0.435. The SMILES string of the molecule is CN(C)CCS(C)(=O)=NN. The fraction of sp³-hybridized carbons (Fsp3) is 1.00. The number of rotatable bonds is 3. The maximum atomic E-state index is 11.1. The van der Waals surface area contributed by atoms with Crippen LogP contribution in [0, 0.1) is 0 Å². The average Bonchev–Trinajstić information content (AvgIpc) is 1.85. The molecule has 0 heterocycles. The topological polar surface area (TPSA) is 58.7 Å². The van der Waals surface area contributed by atoms with Gasteiger partial charge < -0.3 is 4.90 Å². The number of nitrogens with two attached hydrogens (primary N) is 1. The minimum absolute atomic E-state index is 0.538. The summed E-state index contributed by atoms with van der Waals surface area (Å²) >= 11 is 0. The van der Waals surface area contributed by atoms with Crippen molar-refractivity contribution in [1.29, 1.82) is 0 Å². The van der Waals surface area contributed by atoms with Crippen LogP contribution in [0.1, 0.15) is 0 Å². The molecule has 0 saturated heterocycles. The van der Waals surface area contributed by atoms with Crippen molar-refractivity contribution in [1.82, 2.24) is 4.90 Å². The zero-order valence-corrected chi connectivity index (χ0v) is 7.52. The van der Waals surface area contributed by atoms with Gasteiger partial charge in [0, 0.05) is 18.6 Å². The minimum Gasteiger partial charge on any atom is -0.308 e. The number of hydrogen-bond donors (Lipinski definition) is 1. The maximum Gasteiger partial charge on any atom is 0.0618 e. The van der Waals surface area contributed by atoms with Gasteiger partial charge in [-0.3, -0.25) is 0 Å². The summed E-state index contributed by atoms with van der Waals surface area (Å²) in [6.45, 7) is 0.760. The Morgan fingerprint density at radius 2 is 2.10 bits per heavy atom. The molecule has 1 atom stereocenters. The quantitative estimate of drug-likeness (QED) is 0.454. The van der Waals surface area contributed by atoms with Crippen molar-refractivity contribution in [2.45, 2.75) is 0 Å². The van der Waals surface area contributed by atoms with Crippen LogP contribution in [0.2, 0.25) is 0 Å². The lowest BCUT2D eigenvalue weighted by Crippen LogP contribution is -2.21. The van der Waals surface area contributed by atoms with E-state index >= 15 is 0 Å². The van der Waals surface area contributed by atoms with E-state index in [1.807, 2.05) is 19.0 Å². The molecule has 0 amide bonds. The largest absolute Gasteiger partial charge is 0.308 e. The molecule has 0 aromatic rings. The lowest BCUT2D eigenvalue weighted by Gasteiger charge is -2.08. The van der Waals surface area contributed by atoms with Crippen LogP contribution >= 0.6 is 0 Å². The Bertz CT molecular complexity index is 193. The predicted molar refractivity (Wildman–Crippen MR) is 44.1 cm³/mol. The normalized spacial score (nSPS) is 16.9. The van der Waals surface area contributed by atoms with E-state index in [1.165, 1.54) is 0 Å². The molecular weight excluding hydrogens is 150 g/mol. The van der Waals surface area contributed by atoms with Crippen LogP contribution in [0.5, 0.6) is 0 Å². The average molecular weight is 165 g/mol. The Labute approximate surface area is 62.5 Å². The summed E-state index contributed by atoms with van der Waals surface area (Å²) in [7, 11) is 1.74. The number of nitrogens with zero attached hydrogens (tertiary/aromatic N) is 2. The van der Waals surface area contributed by atoms with Gasteiger partial charge in [-0.2, -0.15) is 4.47 Å². The van der Waals surface area contributed by atoms with Crippen molar-refractivity contribution in [3.05, 3.63) is 0 Å². The summed E-state index contributed by atoms with van der Waals surface area (Å²) in [5.41, 5.74) is 0. The molecule has 1 unspecified atom stereocenters. The van der Waals surface area contributed by atoms with E-state index in [0.717, 1.165) is 6.54 Å².